The Balaban J connectivity index is 1.95. The summed E-state index contributed by atoms with van der Waals surface area (Å²) in [7, 11) is -2.10. The molecule has 11 heteroatoms. The maximum atomic E-state index is 14.5. The molecule has 3 atom stereocenters. The molecule has 3 amide bonds. The summed E-state index contributed by atoms with van der Waals surface area (Å²) >= 11 is 0. The minimum absolute atomic E-state index is 0.112. The van der Waals surface area contributed by atoms with E-state index < -0.39 is 51.4 Å². The molecule has 3 aromatic carbocycles. The Bertz CT molecular complexity index is 1690. The SMILES string of the molecule is CCC(NC)C(=O)NC1C(=O)N(Cc2c(C)ccc3ccccc23)c2ccc(C#N)cc2N(C(=O)CS(C)(=O)=O)C1C. The third-order valence-corrected chi connectivity index (χ3v) is 8.46. The fourth-order valence-corrected chi connectivity index (χ4v) is 6.05. The number of hydrogen-bond acceptors (Lipinski definition) is 7. The third-order valence-electron chi connectivity index (χ3n) is 7.69. The molecule has 220 valence electrons. The summed E-state index contributed by atoms with van der Waals surface area (Å²) in [4.78, 5) is 44.1. The van der Waals surface area contributed by atoms with Gasteiger partial charge in [0.2, 0.25) is 11.8 Å². The topological polar surface area (TPSA) is 140 Å². The van der Waals surface area contributed by atoms with E-state index in [9.17, 15) is 28.1 Å². The van der Waals surface area contributed by atoms with Crippen LogP contribution in [0.5, 0.6) is 0 Å². The van der Waals surface area contributed by atoms with Gasteiger partial charge in [-0.15, -0.1) is 0 Å². The number of nitrogens with one attached hydrogen (secondary N) is 2. The molecule has 4 rings (SSSR count). The summed E-state index contributed by atoms with van der Waals surface area (Å²) in [5, 5.41) is 17.4. The molecule has 2 N–H and O–H groups in total. The lowest BCUT2D eigenvalue weighted by Gasteiger charge is -2.33. The van der Waals surface area contributed by atoms with Gasteiger partial charge in [-0.1, -0.05) is 43.3 Å². The normalized spacial score (nSPS) is 17.8. The number of sulfone groups is 1. The van der Waals surface area contributed by atoms with Gasteiger partial charge in [0.05, 0.1) is 41.6 Å². The van der Waals surface area contributed by atoms with Crippen molar-refractivity contribution in [1.29, 1.82) is 5.26 Å². The Morgan fingerprint density at radius 2 is 1.81 bits per heavy atom. The van der Waals surface area contributed by atoms with E-state index in [1.54, 1.807) is 26.1 Å². The molecule has 10 nitrogen and oxygen atoms in total. The first-order chi connectivity index (χ1) is 19.9. The summed E-state index contributed by atoms with van der Waals surface area (Å²) in [6.07, 6.45) is 1.41. The lowest BCUT2D eigenvalue weighted by Crippen LogP contribution is -2.60. The molecule has 42 heavy (non-hydrogen) atoms. The number of likely N-dealkylation sites (N-methyl/N-ethyl adjacent to an activating group) is 1. The number of nitrogens with zero attached hydrogens (tertiary/aromatic N) is 3. The zero-order valence-electron chi connectivity index (χ0n) is 24.3. The Morgan fingerprint density at radius 1 is 1.10 bits per heavy atom. The van der Waals surface area contributed by atoms with Crippen LogP contribution in [-0.2, 0) is 30.8 Å². The van der Waals surface area contributed by atoms with Crippen LogP contribution in [0.25, 0.3) is 10.8 Å². The summed E-state index contributed by atoms with van der Waals surface area (Å²) in [5.74, 6) is -2.46. The van der Waals surface area contributed by atoms with E-state index in [4.69, 9.17) is 0 Å². The fourth-order valence-electron chi connectivity index (χ4n) is 5.46. The number of amides is 3. The molecule has 1 heterocycles. The van der Waals surface area contributed by atoms with E-state index in [0.717, 1.165) is 28.2 Å². The molecule has 3 aromatic rings. The van der Waals surface area contributed by atoms with E-state index in [-0.39, 0.29) is 17.8 Å². The van der Waals surface area contributed by atoms with Crippen LogP contribution in [0.1, 0.15) is 37.0 Å². The van der Waals surface area contributed by atoms with E-state index in [1.165, 1.54) is 15.9 Å². The maximum absolute atomic E-state index is 14.5. The van der Waals surface area contributed by atoms with Gasteiger partial charge in [0, 0.05) is 6.26 Å². The molecule has 1 aliphatic heterocycles. The highest BCUT2D eigenvalue weighted by Gasteiger charge is 2.43. The largest absolute Gasteiger partial charge is 0.341 e. The highest BCUT2D eigenvalue weighted by Crippen LogP contribution is 2.38. The minimum Gasteiger partial charge on any atom is -0.341 e. The average Bonchev–Trinajstić information content (AvgIpc) is 3.02. The molecule has 0 radical (unpaired) electrons. The zero-order chi connectivity index (χ0) is 30.8. The van der Waals surface area contributed by atoms with Crippen LogP contribution in [0.15, 0.2) is 54.6 Å². The minimum atomic E-state index is -3.75. The number of hydrogen-bond donors (Lipinski definition) is 2. The van der Waals surface area contributed by atoms with Crippen molar-refractivity contribution >= 4 is 49.7 Å². The van der Waals surface area contributed by atoms with Gasteiger partial charge in [0.15, 0.2) is 9.84 Å². The van der Waals surface area contributed by atoms with Crippen molar-refractivity contribution in [1.82, 2.24) is 10.6 Å². The number of anilines is 2. The number of fused-ring (bicyclic) bond motifs is 2. The summed E-state index contributed by atoms with van der Waals surface area (Å²) in [5.41, 5.74) is 2.61. The summed E-state index contributed by atoms with van der Waals surface area (Å²) < 4.78 is 24.4. The number of benzene rings is 3. The number of carbonyl (C=O) groups is 3. The third kappa shape index (κ3) is 6.15. The lowest BCUT2D eigenvalue weighted by molar-refractivity contribution is -0.129. The van der Waals surface area contributed by atoms with Gasteiger partial charge in [-0.3, -0.25) is 14.4 Å². The van der Waals surface area contributed by atoms with Crippen molar-refractivity contribution in [3.05, 3.63) is 71.3 Å². The number of nitriles is 1. The Kier molecular flexibility index (Phi) is 8.99. The number of carbonyl (C=O) groups excluding carboxylic acids is 3. The first-order valence-corrected chi connectivity index (χ1v) is 15.8. The van der Waals surface area contributed by atoms with Crippen molar-refractivity contribution in [2.75, 3.05) is 28.9 Å². The van der Waals surface area contributed by atoms with Crippen LogP contribution in [0.3, 0.4) is 0 Å². The molecule has 0 fully saturated rings. The smallest absolute Gasteiger partial charge is 0.252 e. The molecule has 0 bridgehead atoms. The van der Waals surface area contributed by atoms with E-state index in [2.05, 4.69) is 16.7 Å². The zero-order valence-corrected chi connectivity index (χ0v) is 25.2. The highest BCUT2D eigenvalue weighted by atomic mass is 32.2. The van der Waals surface area contributed by atoms with Gasteiger partial charge in [-0.2, -0.15) is 5.26 Å². The van der Waals surface area contributed by atoms with E-state index in [1.807, 2.05) is 50.2 Å². The predicted molar refractivity (Wildman–Crippen MR) is 163 cm³/mol. The van der Waals surface area contributed by atoms with E-state index in [0.29, 0.717) is 12.1 Å². The first-order valence-electron chi connectivity index (χ1n) is 13.7. The molecule has 0 aliphatic carbocycles. The molecular formula is C31H35N5O5S. The monoisotopic (exact) mass is 589 g/mol. The summed E-state index contributed by atoms with van der Waals surface area (Å²) in [6.45, 7) is 5.49. The highest BCUT2D eigenvalue weighted by molar-refractivity contribution is 7.91. The van der Waals surface area contributed by atoms with Crippen LogP contribution in [0.2, 0.25) is 0 Å². The van der Waals surface area contributed by atoms with Crippen LogP contribution >= 0.6 is 0 Å². The second-order valence-electron chi connectivity index (χ2n) is 10.6. The Hall–Kier alpha value is -4.27. The van der Waals surface area contributed by atoms with Crippen molar-refractivity contribution in [2.45, 2.75) is 51.9 Å². The lowest BCUT2D eigenvalue weighted by atomic mass is 9.98. The van der Waals surface area contributed by atoms with Gasteiger partial charge in [0.1, 0.15) is 11.8 Å². The molecule has 0 saturated carbocycles. The number of rotatable bonds is 8. The first kappa shape index (κ1) is 30.7. The molecule has 3 unspecified atom stereocenters. The summed E-state index contributed by atoms with van der Waals surface area (Å²) in [6, 6.07) is 15.7. The van der Waals surface area contributed by atoms with Gasteiger partial charge in [-0.05, 0) is 67.4 Å². The molecular weight excluding hydrogens is 554 g/mol. The predicted octanol–water partition coefficient (Wildman–Crippen LogP) is 2.82. The van der Waals surface area contributed by atoms with Crippen molar-refractivity contribution in [3.8, 4) is 6.07 Å². The quantitative estimate of drug-likeness (QED) is 0.412. The van der Waals surface area contributed by atoms with Crippen LogP contribution in [0, 0.1) is 18.3 Å². The van der Waals surface area contributed by atoms with Crippen LogP contribution in [0.4, 0.5) is 11.4 Å². The standard InChI is InChI=1S/C31H35N5O5S/c1-6-25(33-4)30(38)34-29-20(3)36(28(37)18-42(5,40)41)27-15-21(16-32)12-14-26(27)35(31(29)39)17-24-19(2)11-13-22-9-7-8-10-23(22)24/h7-15,20,25,29,33H,6,17-18H2,1-5H3,(H,34,38). The second kappa shape index (κ2) is 12.3. The van der Waals surface area contributed by atoms with Gasteiger partial charge < -0.3 is 20.4 Å². The van der Waals surface area contributed by atoms with Gasteiger partial charge in [0.25, 0.3) is 5.91 Å². The molecule has 0 spiro atoms. The van der Waals surface area contributed by atoms with Gasteiger partial charge >= 0.3 is 0 Å². The fraction of sp³-hybridized carbons (Fsp3) is 0.355. The Morgan fingerprint density at radius 3 is 2.45 bits per heavy atom. The maximum Gasteiger partial charge on any atom is 0.252 e. The molecule has 0 saturated heterocycles. The van der Waals surface area contributed by atoms with Crippen LogP contribution < -0.4 is 20.4 Å². The number of aryl methyl sites for hydroxylation is 1. The van der Waals surface area contributed by atoms with Crippen molar-refractivity contribution in [3.63, 3.8) is 0 Å². The van der Waals surface area contributed by atoms with Crippen LogP contribution in [-0.4, -0.2) is 63.3 Å². The average molecular weight is 590 g/mol. The molecule has 1 aliphatic rings. The second-order valence-corrected chi connectivity index (χ2v) is 12.8. The Labute approximate surface area is 246 Å². The van der Waals surface area contributed by atoms with Gasteiger partial charge in [-0.25, -0.2) is 8.42 Å². The van der Waals surface area contributed by atoms with E-state index >= 15 is 0 Å². The molecule has 0 aromatic heterocycles. The van der Waals surface area contributed by atoms with Crippen molar-refractivity contribution < 1.29 is 22.8 Å². The van der Waals surface area contributed by atoms with Crippen molar-refractivity contribution in [2.24, 2.45) is 0 Å².